The highest BCUT2D eigenvalue weighted by molar-refractivity contribution is 6.53. The molecule has 0 aliphatic heterocycles. The number of hydrazine groups is 1. The van der Waals surface area contributed by atoms with Crippen molar-refractivity contribution < 1.29 is 27.6 Å². The van der Waals surface area contributed by atoms with Crippen LogP contribution < -0.4 is 16.2 Å². The van der Waals surface area contributed by atoms with Crippen molar-refractivity contribution in [1.82, 2.24) is 10.9 Å². The molecular formula is C20H13Cl5F3N3O3. The Bertz CT molecular complexity index is 1140. The van der Waals surface area contributed by atoms with Crippen molar-refractivity contribution >= 4 is 81.4 Å². The summed E-state index contributed by atoms with van der Waals surface area (Å²) in [5.41, 5.74) is 3.93. The predicted molar refractivity (Wildman–Crippen MR) is 123 cm³/mol. The van der Waals surface area contributed by atoms with E-state index in [0.717, 1.165) is 0 Å². The first-order valence-electron chi connectivity index (χ1n) is 9.29. The van der Waals surface area contributed by atoms with Crippen LogP contribution in [0.1, 0.15) is 28.3 Å². The summed E-state index contributed by atoms with van der Waals surface area (Å²) in [6.45, 7) is 0. The summed E-state index contributed by atoms with van der Waals surface area (Å²) < 4.78 is 35.2. The third-order valence-corrected chi connectivity index (χ3v) is 6.44. The number of anilines is 1. The fourth-order valence-corrected chi connectivity index (χ4v) is 4.81. The Morgan fingerprint density at radius 3 is 2.15 bits per heavy atom. The van der Waals surface area contributed by atoms with Gasteiger partial charge in [-0.05, 0) is 42.0 Å². The summed E-state index contributed by atoms with van der Waals surface area (Å²) in [6.07, 6.45) is -6.52. The van der Waals surface area contributed by atoms with E-state index in [2.05, 4.69) is 5.32 Å². The molecule has 2 aromatic rings. The van der Waals surface area contributed by atoms with Crippen LogP contribution in [-0.4, -0.2) is 28.2 Å². The molecule has 6 nitrogen and oxygen atoms in total. The van der Waals surface area contributed by atoms with E-state index in [4.69, 9.17) is 58.0 Å². The summed E-state index contributed by atoms with van der Waals surface area (Å²) in [7, 11) is 0. The average Bonchev–Trinajstić information content (AvgIpc) is 3.27. The number of amides is 3. The Labute approximate surface area is 216 Å². The third kappa shape index (κ3) is 6.40. The van der Waals surface area contributed by atoms with Crippen molar-refractivity contribution in [2.45, 2.75) is 22.8 Å². The molecule has 34 heavy (non-hydrogen) atoms. The standard InChI is InChI=1S/C20H13Cl5F3N3O3/c21-9-3-8(4-10(22)5-9)15-16(20(15,24)25)18(34)29-11-1-2-13(23)12(6-11)17(33)31-30-14(32)7-19(26,27)28/h1-6,15-16H,7H2,(H,29,34)(H,30,32)(H,31,33). The molecule has 14 heteroatoms. The molecule has 1 aliphatic carbocycles. The molecule has 3 rings (SSSR count). The maximum atomic E-state index is 12.8. The number of halogens is 8. The van der Waals surface area contributed by atoms with Gasteiger partial charge in [-0.15, -0.1) is 23.2 Å². The lowest BCUT2D eigenvalue weighted by atomic mass is 10.1. The predicted octanol–water partition coefficient (Wildman–Crippen LogP) is 5.89. The average molecular weight is 578 g/mol. The summed E-state index contributed by atoms with van der Waals surface area (Å²) in [4.78, 5) is 36.3. The normalized spacial score (nSPS) is 18.7. The summed E-state index contributed by atoms with van der Waals surface area (Å²) in [5.74, 6) is -4.52. The second kappa shape index (κ2) is 9.99. The first-order valence-corrected chi connectivity index (χ1v) is 11.2. The van der Waals surface area contributed by atoms with Crippen LogP contribution in [0.25, 0.3) is 0 Å². The second-order valence-electron chi connectivity index (χ2n) is 7.31. The number of rotatable bonds is 5. The van der Waals surface area contributed by atoms with Crippen LogP contribution in [0.5, 0.6) is 0 Å². The zero-order valence-corrected chi connectivity index (χ0v) is 20.4. The highest BCUT2D eigenvalue weighted by atomic mass is 35.5. The van der Waals surface area contributed by atoms with E-state index in [-0.39, 0.29) is 16.3 Å². The van der Waals surface area contributed by atoms with Crippen molar-refractivity contribution in [1.29, 1.82) is 0 Å². The molecule has 182 valence electrons. The Balaban J connectivity index is 1.69. The van der Waals surface area contributed by atoms with Crippen LogP contribution in [0.15, 0.2) is 36.4 Å². The Kier molecular flexibility index (Phi) is 7.84. The van der Waals surface area contributed by atoms with Crippen molar-refractivity contribution in [3.05, 3.63) is 62.6 Å². The molecule has 1 saturated carbocycles. The van der Waals surface area contributed by atoms with Crippen molar-refractivity contribution in [3.8, 4) is 0 Å². The van der Waals surface area contributed by atoms with Crippen LogP contribution in [0.3, 0.4) is 0 Å². The molecule has 0 spiro atoms. The first-order chi connectivity index (χ1) is 15.7. The molecule has 3 amide bonds. The molecular weight excluding hydrogens is 564 g/mol. The van der Waals surface area contributed by atoms with Crippen LogP contribution in [0, 0.1) is 5.92 Å². The minimum absolute atomic E-state index is 0.0810. The topological polar surface area (TPSA) is 87.3 Å². The monoisotopic (exact) mass is 575 g/mol. The van der Waals surface area contributed by atoms with Gasteiger partial charge in [0.15, 0.2) is 0 Å². The van der Waals surface area contributed by atoms with Gasteiger partial charge < -0.3 is 5.32 Å². The van der Waals surface area contributed by atoms with Gasteiger partial charge in [-0.3, -0.25) is 25.2 Å². The van der Waals surface area contributed by atoms with Gasteiger partial charge in [0.2, 0.25) is 11.8 Å². The van der Waals surface area contributed by atoms with Crippen molar-refractivity contribution in [2.75, 3.05) is 5.32 Å². The molecule has 0 bridgehead atoms. The highest BCUT2D eigenvalue weighted by Gasteiger charge is 2.67. The number of benzene rings is 2. The maximum absolute atomic E-state index is 12.8. The van der Waals surface area contributed by atoms with Gasteiger partial charge >= 0.3 is 6.18 Å². The van der Waals surface area contributed by atoms with Crippen LogP contribution in [0.4, 0.5) is 18.9 Å². The number of hydrogen-bond acceptors (Lipinski definition) is 3. The van der Waals surface area contributed by atoms with Crippen LogP contribution >= 0.6 is 58.0 Å². The van der Waals surface area contributed by atoms with Gasteiger partial charge in [0.1, 0.15) is 10.8 Å². The van der Waals surface area contributed by atoms with Gasteiger partial charge in [-0.2, -0.15) is 13.2 Å². The van der Waals surface area contributed by atoms with Crippen LogP contribution in [-0.2, 0) is 9.59 Å². The van der Waals surface area contributed by atoms with Crippen molar-refractivity contribution in [2.24, 2.45) is 5.92 Å². The molecule has 1 aliphatic rings. The lowest BCUT2D eigenvalue weighted by Crippen LogP contribution is -2.43. The maximum Gasteiger partial charge on any atom is 0.397 e. The molecule has 1 fully saturated rings. The van der Waals surface area contributed by atoms with Gasteiger partial charge in [-0.25, -0.2) is 0 Å². The van der Waals surface area contributed by atoms with E-state index in [1.807, 2.05) is 5.43 Å². The summed E-state index contributed by atoms with van der Waals surface area (Å²) in [5, 5.41) is 3.16. The first kappa shape index (κ1) is 26.7. The third-order valence-electron chi connectivity index (χ3n) is 4.73. The van der Waals surface area contributed by atoms with E-state index in [1.165, 1.54) is 24.3 Å². The Morgan fingerprint density at radius 2 is 1.56 bits per heavy atom. The highest BCUT2D eigenvalue weighted by Crippen LogP contribution is 2.65. The fourth-order valence-electron chi connectivity index (χ4n) is 3.24. The Hall–Kier alpha value is -1.91. The fraction of sp³-hybridized carbons (Fsp3) is 0.250. The quantitative estimate of drug-likeness (QED) is 0.306. The molecule has 3 N–H and O–H groups in total. The largest absolute Gasteiger partial charge is 0.397 e. The second-order valence-corrected chi connectivity index (χ2v) is 10.0. The molecule has 2 unspecified atom stereocenters. The lowest BCUT2D eigenvalue weighted by molar-refractivity contribution is -0.154. The summed E-state index contributed by atoms with van der Waals surface area (Å²) in [6, 6.07) is 8.52. The van der Waals surface area contributed by atoms with E-state index in [9.17, 15) is 27.6 Å². The Morgan fingerprint density at radius 1 is 0.941 bits per heavy atom. The zero-order valence-electron chi connectivity index (χ0n) is 16.6. The number of carbonyl (C=O) groups excluding carboxylic acids is 3. The molecule has 0 radical (unpaired) electrons. The van der Waals surface area contributed by atoms with E-state index in [0.29, 0.717) is 15.6 Å². The van der Waals surface area contributed by atoms with Crippen LogP contribution in [0.2, 0.25) is 15.1 Å². The number of hydrogen-bond donors (Lipinski definition) is 3. The van der Waals surface area contributed by atoms with Gasteiger partial charge in [-0.1, -0.05) is 34.8 Å². The molecule has 2 aromatic carbocycles. The minimum Gasteiger partial charge on any atom is -0.326 e. The number of nitrogens with one attached hydrogen (secondary N) is 3. The minimum atomic E-state index is -4.74. The molecule has 0 heterocycles. The smallest absolute Gasteiger partial charge is 0.326 e. The summed E-state index contributed by atoms with van der Waals surface area (Å²) >= 11 is 30.6. The van der Waals surface area contributed by atoms with Crippen molar-refractivity contribution in [3.63, 3.8) is 0 Å². The zero-order chi connectivity index (χ0) is 25.4. The van der Waals surface area contributed by atoms with Gasteiger partial charge in [0, 0.05) is 21.7 Å². The van der Waals surface area contributed by atoms with Gasteiger partial charge in [0.05, 0.1) is 16.5 Å². The lowest BCUT2D eigenvalue weighted by Gasteiger charge is -2.11. The van der Waals surface area contributed by atoms with E-state index >= 15 is 0 Å². The van der Waals surface area contributed by atoms with E-state index in [1.54, 1.807) is 17.6 Å². The number of alkyl halides is 5. The molecule has 0 saturated heterocycles. The van der Waals surface area contributed by atoms with Gasteiger partial charge in [0.25, 0.3) is 5.91 Å². The molecule has 0 aromatic heterocycles. The number of carbonyl (C=O) groups is 3. The SMILES string of the molecule is O=C(CC(F)(F)F)NNC(=O)c1cc(NC(=O)C2C(c3cc(Cl)cc(Cl)c3)C2(Cl)Cl)ccc1Cl. The molecule has 2 atom stereocenters. The van der Waals surface area contributed by atoms with E-state index < -0.39 is 46.5 Å².